The summed E-state index contributed by atoms with van der Waals surface area (Å²) in [6, 6.07) is 11.2. The maximum Gasteiger partial charge on any atom is 0.347 e. The molecule has 280 valence electrons. The average molecular weight is 715 g/mol. The van der Waals surface area contributed by atoms with E-state index in [1.54, 1.807) is 47.6 Å². The summed E-state index contributed by atoms with van der Waals surface area (Å²) < 4.78 is 22.1. The second-order valence-corrected chi connectivity index (χ2v) is 15.5. The van der Waals surface area contributed by atoms with Gasteiger partial charge in [-0.2, -0.15) is 0 Å². The molecule has 0 bridgehead atoms. The first-order chi connectivity index (χ1) is 24.1. The van der Waals surface area contributed by atoms with Gasteiger partial charge in [-0.1, -0.05) is 42.3 Å². The molecule has 2 heterocycles. The number of rotatable bonds is 8. The van der Waals surface area contributed by atoms with Crippen LogP contribution in [0.25, 0.3) is 22.3 Å². The maximum atomic E-state index is 12.8. The van der Waals surface area contributed by atoms with Crippen LogP contribution in [0, 0.1) is 52.4 Å². The number of hydrogen-bond donors (Lipinski definition) is 1. The summed E-state index contributed by atoms with van der Waals surface area (Å²) in [5.41, 5.74) is 5.48. The highest BCUT2D eigenvalue weighted by Crippen LogP contribution is 2.36. The van der Waals surface area contributed by atoms with E-state index in [0.29, 0.717) is 23.3 Å². The van der Waals surface area contributed by atoms with Gasteiger partial charge in [-0.05, 0) is 123 Å². The van der Waals surface area contributed by atoms with Gasteiger partial charge in [-0.3, -0.25) is 9.59 Å². The highest BCUT2D eigenvalue weighted by atomic mass is 16.5. The standard InChI is InChI=1S/C22H28O4.C21H26O5/c1-8-9-16-12-17(26-21(24)22(5,6)7)19(20(23)25-16)18-14(3)10-13(2)11-15(18)4;1-12-9-13(2)17(14(3)10-12)18-16(26-20(24)21(4,5)6)11-15(7-8-22)25-19(18)23/h10-12H,8-9H2,1-7H3;9-11,22H,7-8H2,1-6H3. The molecule has 0 aliphatic carbocycles. The minimum absolute atomic E-state index is 0.166. The zero-order valence-electron chi connectivity index (χ0n) is 33.0. The fraction of sp³-hybridized carbons (Fsp3) is 0.442. The average Bonchev–Trinajstić information content (AvgIpc) is 2.98. The molecular weight excluding hydrogens is 660 g/mol. The van der Waals surface area contributed by atoms with Crippen LogP contribution >= 0.6 is 0 Å². The van der Waals surface area contributed by atoms with E-state index in [2.05, 4.69) is 0 Å². The predicted molar refractivity (Wildman–Crippen MR) is 204 cm³/mol. The SMILES string of the molecule is CCCc1cc(OC(=O)C(C)(C)C)c(-c2c(C)cc(C)cc2C)c(=O)o1.Cc1cc(C)c(-c2c(OC(=O)C(C)(C)C)cc(CCO)oc2=O)c(C)c1. The number of esters is 2. The molecule has 4 rings (SSSR count). The van der Waals surface area contributed by atoms with Crippen molar-refractivity contribution in [3.8, 4) is 33.8 Å². The zero-order valence-corrected chi connectivity index (χ0v) is 33.0. The number of aryl methyl sites for hydroxylation is 7. The van der Waals surface area contributed by atoms with Gasteiger partial charge in [0, 0.05) is 25.0 Å². The number of carbonyl (C=O) groups excluding carboxylic acids is 2. The smallest absolute Gasteiger partial charge is 0.347 e. The molecule has 0 aliphatic rings. The van der Waals surface area contributed by atoms with Gasteiger partial charge < -0.3 is 23.4 Å². The van der Waals surface area contributed by atoms with E-state index in [4.69, 9.17) is 23.4 Å². The Bertz CT molecular complexity index is 1870. The third-order valence-electron chi connectivity index (χ3n) is 8.27. The minimum Gasteiger partial charge on any atom is -0.427 e. The molecule has 9 heteroatoms. The van der Waals surface area contributed by atoms with Crippen LogP contribution in [-0.2, 0) is 22.4 Å². The van der Waals surface area contributed by atoms with Gasteiger partial charge in [0.25, 0.3) is 0 Å². The largest absolute Gasteiger partial charge is 0.427 e. The summed E-state index contributed by atoms with van der Waals surface area (Å²) in [6.45, 7) is 24.1. The molecule has 0 spiro atoms. The molecule has 4 aromatic rings. The van der Waals surface area contributed by atoms with E-state index in [0.717, 1.165) is 45.4 Å². The highest BCUT2D eigenvalue weighted by molar-refractivity contribution is 5.84. The first kappa shape index (κ1) is 41.7. The molecule has 2 aromatic carbocycles. The number of aliphatic hydroxyl groups is 1. The second kappa shape index (κ2) is 16.7. The Morgan fingerprint density at radius 2 is 0.904 bits per heavy atom. The highest BCUT2D eigenvalue weighted by Gasteiger charge is 2.29. The Balaban J connectivity index is 0.000000280. The van der Waals surface area contributed by atoms with E-state index in [-0.39, 0.29) is 41.8 Å². The van der Waals surface area contributed by atoms with Crippen molar-refractivity contribution in [3.63, 3.8) is 0 Å². The Kier molecular flexibility index (Phi) is 13.4. The van der Waals surface area contributed by atoms with E-state index in [1.165, 1.54) is 6.07 Å². The van der Waals surface area contributed by atoms with Crippen LogP contribution in [0.5, 0.6) is 11.5 Å². The van der Waals surface area contributed by atoms with Gasteiger partial charge in [0.05, 0.1) is 17.4 Å². The van der Waals surface area contributed by atoms with Gasteiger partial charge in [0.2, 0.25) is 0 Å². The lowest BCUT2D eigenvalue weighted by Crippen LogP contribution is -2.26. The number of aliphatic hydroxyl groups excluding tert-OH is 1. The van der Waals surface area contributed by atoms with Crippen LogP contribution in [0.15, 0.2) is 54.8 Å². The summed E-state index contributed by atoms with van der Waals surface area (Å²) in [4.78, 5) is 50.4. The Morgan fingerprint density at radius 3 is 1.19 bits per heavy atom. The van der Waals surface area contributed by atoms with Gasteiger partial charge in [0.1, 0.15) is 34.1 Å². The number of ether oxygens (including phenoxy) is 2. The van der Waals surface area contributed by atoms with Crippen LogP contribution in [0.3, 0.4) is 0 Å². The number of benzene rings is 2. The zero-order chi connectivity index (χ0) is 39.3. The van der Waals surface area contributed by atoms with Crippen molar-refractivity contribution in [3.05, 3.63) is 102 Å². The molecular formula is C43H54O9. The first-order valence-electron chi connectivity index (χ1n) is 17.6. The third kappa shape index (κ3) is 10.2. The molecule has 0 saturated heterocycles. The van der Waals surface area contributed by atoms with Crippen molar-refractivity contribution in [2.24, 2.45) is 10.8 Å². The van der Waals surface area contributed by atoms with Crippen molar-refractivity contribution >= 4 is 11.9 Å². The molecule has 0 radical (unpaired) electrons. The topological polar surface area (TPSA) is 133 Å². The second-order valence-electron chi connectivity index (χ2n) is 15.5. The Labute approximate surface area is 307 Å². The van der Waals surface area contributed by atoms with E-state index in [1.807, 2.05) is 72.7 Å². The third-order valence-corrected chi connectivity index (χ3v) is 8.27. The van der Waals surface area contributed by atoms with Crippen molar-refractivity contribution < 1.29 is 33.0 Å². The summed E-state index contributed by atoms with van der Waals surface area (Å²) in [7, 11) is 0. The normalized spacial score (nSPS) is 11.5. The summed E-state index contributed by atoms with van der Waals surface area (Å²) in [5, 5.41) is 9.15. The van der Waals surface area contributed by atoms with E-state index < -0.39 is 28.1 Å². The molecule has 0 aliphatic heterocycles. The fourth-order valence-electron chi connectivity index (χ4n) is 5.91. The maximum absolute atomic E-state index is 12.8. The quantitative estimate of drug-likeness (QED) is 0.178. The number of carbonyl (C=O) groups is 2. The number of hydrogen-bond acceptors (Lipinski definition) is 9. The van der Waals surface area contributed by atoms with Gasteiger partial charge in [-0.15, -0.1) is 0 Å². The molecule has 1 N–H and O–H groups in total. The van der Waals surface area contributed by atoms with Gasteiger partial charge in [0.15, 0.2) is 0 Å². The molecule has 0 amide bonds. The summed E-state index contributed by atoms with van der Waals surface area (Å²) in [5.74, 6) is 0.427. The van der Waals surface area contributed by atoms with Crippen LogP contribution in [-0.4, -0.2) is 23.7 Å². The van der Waals surface area contributed by atoms with Crippen LogP contribution in [0.4, 0.5) is 0 Å². The van der Waals surface area contributed by atoms with Gasteiger partial charge in [-0.25, -0.2) is 9.59 Å². The molecule has 0 fully saturated rings. The summed E-state index contributed by atoms with van der Waals surface area (Å²) >= 11 is 0. The molecule has 0 saturated carbocycles. The molecule has 9 nitrogen and oxygen atoms in total. The van der Waals surface area contributed by atoms with E-state index >= 15 is 0 Å². The van der Waals surface area contributed by atoms with Crippen molar-refractivity contribution in [2.45, 2.75) is 109 Å². The lowest BCUT2D eigenvalue weighted by molar-refractivity contribution is -0.143. The molecule has 52 heavy (non-hydrogen) atoms. The summed E-state index contributed by atoms with van der Waals surface area (Å²) in [6.07, 6.45) is 1.61. The van der Waals surface area contributed by atoms with Crippen LogP contribution in [0.2, 0.25) is 0 Å². The monoisotopic (exact) mass is 714 g/mol. The van der Waals surface area contributed by atoms with Crippen LogP contribution < -0.4 is 20.7 Å². The fourth-order valence-corrected chi connectivity index (χ4v) is 5.91. The Morgan fingerprint density at radius 1 is 0.577 bits per heavy atom. The molecule has 0 unspecified atom stereocenters. The predicted octanol–water partition coefficient (Wildman–Crippen LogP) is 8.85. The lowest BCUT2D eigenvalue weighted by Gasteiger charge is -2.19. The molecule has 0 atom stereocenters. The van der Waals surface area contributed by atoms with Crippen molar-refractivity contribution in [1.29, 1.82) is 0 Å². The lowest BCUT2D eigenvalue weighted by atomic mass is 9.93. The van der Waals surface area contributed by atoms with Crippen LogP contribution in [0.1, 0.15) is 99.8 Å². The minimum atomic E-state index is -0.720. The van der Waals surface area contributed by atoms with Crippen molar-refractivity contribution in [1.82, 2.24) is 0 Å². The van der Waals surface area contributed by atoms with Crippen molar-refractivity contribution in [2.75, 3.05) is 6.61 Å². The molecule has 2 aromatic heterocycles. The Hall–Kier alpha value is -4.76. The first-order valence-corrected chi connectivity index (χ1v) is 17.6. The van der Waals surface area contributed by atoms with Gasteiger partial charge >= 0.3 is 23.2 Å². The van der Waals surface area contributed by atoms with E-state index in [9.17, 15) is 19.2 Å².